The zero-order valence-electron chi connectivity index (χ0n) is 22.9. The standard InChI is InChI=1S/C27H38BF2NO6/c1-24(2,3)35-22(32)17-11-9-10-15(21(17)34-8)12-20(31-23(33)27(7,29)30)28-36-19-14-16-13-18(25(16,4)5)26(19,6)37-28/h9-11,16,18-20H,12-14H2,1-8H3,(H,31,33). The second-order valence-corrected chi connectivity index (χ2v) is 12.5. The highest BCUT2D eigenvalue weighted by Crippen LogP contribution is 2.65. The van der Waals surface area contributed by atoms with Gasteiger partial charge in [0.1, 0.15) is 16.9 Å². The van der Waals surface area contributed by atoms with Gasteiger partial charge in [-0.1, -0.05) is 26.0 Å². The van der Waals surface area contributed by atoms with E-state index in [0.29, 0.717) is 18.4 Å². The van der Waals surface area contributed by atoms with E-state index in [0.717, 1.165) is 12.8 Å². The molecule has 1 aromatic carbocycles. The molecule has 5 unspecified atom stereocenters. The number of rotatable bonds is 7. The fourth-order valence-corrected chi connectivity index (χ4v) is 6.30. The van der Waals surface area contributed by atoms with Gasteiger partial charge >= 0.3 is 19.0 Å². The summed E-state index contributed by atoms with van der Waals surface area (Å²) in [6, 6.07) is 4.97. The molecule has 4 fully saturated rings. The molecule has 1 N–H and O–H groups in total. The van der Waals surface area contributed by atoms with Crippen molar-refractivity contribution in [1.82, 2.24) is 5.32 Å². The molecule has 7 nitrogen and oxygen atoms in total. The molecule has 1 aliphatic heterocycles. The monoisotopic (exact) mass is 521 g/mol. The van der Waals surface area contributed by atoms with E-state index in [1.165, 1.54) is 7.11 Å². The summed E-state index contributed by atoms with van der Waals surface area (Å²) < 4.78 is 51.8. The minimum absolute atomic E-state index is 0.0482. The highest BCUT2D eigenvalue weighted by molar-refractivity contribution is 6.48. The van der Waals surface area contributed by atoms with Crippen LogP contribution in [0.1, 0.15) is 77.2 Å². The summed E-state index contributed by atoms with van der Waals surface area (Å²) in [5.41, 5.74) is -0.454. The molecule has 3 aliphatic carbocycles. The van der Waals surface area contributed by atoms with Crippen molar-refractivity contribution < 1.29 is 37.2 Å². The zero-order chi connectivity index (χ0) is 27.6. The Bertz CT molecular complexity index is 1070. The van der Waals surface area contributed by atoms with Gasteiger partial charge in [-0.15, -0.1) is 0 Å². The van der Waals surface area contributed by atoms with Gasteiger partial charge in [-0.25, -0.2) is 4.79 Å². The Morgan fingerprint density at radius 3 is 2.43 bits per heavy atom. The number of hydrogen-bond acceptors (Lipinski definition) is 6. The van der Waals surface area contributed by atoms with Crippen LogP contribution < -0.4 is 10.1 Å². The topological polar surface area (TPSA) is 83.1 Å². The van der Waals surface area contributed by atoms with Gasteiger partial charge in [-0.2, -0.15) is 8.78 Å². The lowest BCUT2D eigenvalue weighted by atomic mass is 9.43. The number of para-hydroxylation sites is 1. The number of halogens is 2. The van der Waals surface area contributed by atoms with E-state index in [-0.39, 0.29) is 35.2 Å². The summed E-state index contributed by atoms with van der Waals surface area (Å²) in [4.78, 5) is 25.2. The highest BCUT2D eigenvalue weighted by atomic mass is 19.3. The third kappa shape index (κ3) is 5.11. The Balaban J connectivity index is 1.64. The Hall–Kier alpha value is -2.20. The van der Waals surface area contributed by atoms with Crippen molar-refractivity contribution in [2.75, 3.05) is 7.11 Å². The predicted octanol–water partition coefficient (Wildman–Crippen LogP) is 4.60. The molecule has 1 saturated heterocycles. The number of hydrogen-bond donors (Lipinski definition) is 1. The second kappa shape index (κ2) is 9.22. The van der Waals surface area contributed by atoms with Crippen molar-refractivity contribution in [3.63, 3.8) is 0 Å². The van der Waals surface area contributed by atoms with Crippen LogP contribution in [0, 0.1) is 17.3 Å². The van der Waals surface area contributed by atoms with Gasteiger partial charge in [0.2, 0.25) is 0 Å². The van der Waals surface area contributed by atoms with E-state index in [2.05, 4.69) is 19.2 Å². The molecular weight excluding hydrogens is 483 g/mol. The molecule has 0 spiro atoms. The molecule has 0 radical (unpaired) electrons. The quantitative estimate of drug-likeness (QED) is 0.417. The summed E-state index contributed by atoms with van der Waals surface area (Å²) in [7, 11) is 0.486. The number of ether oxygens (including phenoxy) is 2. The average molecular weight is 521 g/mol. The normalized spacial score (nSPS) is 29.1. The van der Waals surface area contributed by atoms with E-state index in [4.69, 9.17) is 18.8 Å². The van der Waals surface area contributed by atoms with Crippen LogP contribution in [-0.2, 0) is 25.3 Å². The zero-order valence-corrected chi connectivity index (χ0v) is 22.9. The summed E-state index contributed by atoms with van der Waals surface area (Å²) in [6.45, 7) is 12.3. The van der Waals surface area contributed by atoms with Gasteiger partial charge in [0, 0.05) is 6.92 Å². The average Bonchev–Trinajstić information content (AvgIpc) is 3.13. The molecule has 5 rings (SSSR count). The molecule has 10 heteroatoms. The van der Waals surface area contributed by atoms with Crippen molar-refractivity contribution in [3.05, 3.63) is 29.3 Å². The van der Waals surface area contributed by atoms with E-state index in [1.807, 2.05) is 6.92 Å². The predicted molar refractivity (Wildman–Crippen MR) is 135 cm³/mol. The van der Waals surface area contributed by atoms with Gasteiger partial charge < -0.3 is 24.1 Å². The van der Waals surface area contributed by atoms with Gasteiger partial charge in [0.05, 0.1) is 24.8 Å². The Kier molecular flexibility index (Phi) is 6.94. The second-order valence-electron chi connectivity index (χ2n) is 12.5. The third-order valence-corrected chi connectivity index (χ3v) is 8.37. The van der Waals surface area contributed by atoms with Crippen LogP contribution in [0.2, 0.25) is 0 Å². The highest BCUT2D eigenvalue weighted by Gasteiger charge is 2.68. The largest absolute Gasteiger partial charge is 0.496 e. The minimum atomic E-state index is -3.58. The van der Waals surface area contributed by atoms with E-state index in [9.17, 15) is 18.4 Å². The maximum absolute atomic E-state index is 13.9. The van der Waals surface area contributed by atoms with Crippen LogP contribution in [0.3, 0.4) is 0 Å². The molecule has 1 amide bonds. The van der Waals surface area contributed by atoms with E-state index >= 15 is 0 Å². The van der Waals surface area contributed by atoms with Crippen molar-refractivity contribution >= 4 is 19.0 Å². The van der Waals surface area contributed by atoms with Crippen LogP contribution in [0.5, 0.6) is 5.75 Å². The molecular formula is C27H38BF2NO6. The smallest absolute Gasteiger partial charge is 0.482 e. The number of amides is 1. The first-order valence-electron chi connectivity index (χ1n) is 12.9. The van der Waals surface area contributed by atoms with Crippen molar-refractivity contribution in [1.29, 1.82) is 0 Å². The van der Waals surface area contributed by atoms with Crippen LogP contribution in [0.4, 0.5) is 8.78 Å². The molecule has 1 heterocycles. The summed E-state index contributed by atoms with van der Waals surface area (Å²) in [5, 5.41) is 2.45. The number of methoxy groups -OCH3 is 1. The summed E-state index contributed by atoms with van der Waals surface area (Å²) >= 11 is 0. The lowest BCUT2D eigenvalue weighted by Crippen LogP contribution is -2.65. The van der Waals surface area contributed by atoms with Crippen LogP contribution in [0.15, 0.2) is 18.2 Å². The maximum Gasteiger partial charge on any atom is 0.482 e. The molecule has 1 aromatic rings. The Labute approximate surface area is 218 Å². The Morgan fingerprint density at radius 2 is 1.86 bits per heavy atom. The fraction of sp³-hybridized carbons (Fsp3) is 0.704. The van der Waals surface area contributed by atoms with E-state index in [1.54, 1.807) is 39.0 Å². The Morgan fingerprint density at radius 1 is 1.19 bits per heavy atom. The minimum Gasteiger partial charge on any atom is -0.496 e. The fourth-order valence-electron chi connectivity index (χ4n) is 6.30. The number of esters is 1. The van der Waals surface area contributed by atoms with Gasteiger partial charge in [0.15, 0.2) is 0 Å². The van der Waals surface area contributed by atoms with Crippen LogP contribution in [-0.4, -0.2) is 55.3 Å². The lowest BCUT2D eigenvalue weighted by Gasteiger charge is -2.64. The number of carbonyl (C=O) groups is 2. The summed E-state index contributed by atoms with van der Waals surface area (Å²) in [6.07, 6.45) is 1.71. The molecule has 2 bridgehead atoms. The molecule has 4 aliphatic rings. The molecule has 5 atom stereocenters. The van der Waals surface area contributed by atoms with Gasteiger partial charge in [-0.3, -0.25) is 4.79 Å². The molecule has 37 heavy (non-hydrogen) atoms. The molecule has 3 saturated carbocycles. The van der Waals surface area contributed by atoms with Crippen molar-refractivity contribution in [2.45, 2.75) is 96.9 Å². The first-order chi connectivity index (χ1) is 17.0. The van der Waals surface area contributed by atoms with Gasteiger partial charge in [-0.05, 0) is 75.8 Å². The number of alkyl halides is 2. The van der Waals surface area contributed by atoms with Gasteiger partial charge in [0.25, 0.3) is 5.91 Å². The first kappa shape index (κ1) is 27.8. The van der Waals surface area contributed by atoms with E-state index < -0.39 is 42.1 Å². The molecule has 0 aromatic heterocycles. The number of benzene rings is 1. The van der Waals surface area contributed by atoms with Crippen LogP contribution in [0.25, 0.3) is 0 Å². The molecule has 204 valence electrons. The lowest BCUT2D eigenvalue weighted by molar-refractivity contribution is -0.199. The summed E-state index contributed by atoms with van der Waals surface area (Å²) in [5.74, 6) is -5.48. The van der Waals surface area contributed by atoms with Crippen molar-refractivity contribution in [3.8, 4) is 5.75 Å². The van der Waals surface area contributed by atoms with Crippen LogP contribution >= 0.6 is 0 Å². The maximum atomic E-state index is 13.9. The first-order valence-corrected chi connectivity index (χ1v) is 12.9. The van der Waals surface area contributed by atoms with Crippen molar-refractivity contribution in [2.24, 2.45) is 17.3 Å². The number of carbonyl (C=O) groups excluding carboxylic acids is 2. The third-order valence-electron chi connectivity index (χ3n) is 8.37. The number of nitrogens with one attached hydrogen (secondary N) is 1. The SMILES string of the molecule is COc1c(CC(NC(=O)C(C)(F)F)B2OC3CC4CC(C4(C)C)C3(C)O2)cccc1C(=O)OC(C)(C)C.